The van der Waals surface area contributed by atoms with Crippen molar-refractivity contribution >= 4 is 29.0 Å². The first kappa shape index (κ1) is 8.07. The number of phenolic OH excluding ortho intramolecular Hbond substituents is 1. The van der Waals surface area contributed by atoms with Crippen LogP contribution in [-0.4, -0.2) is 16.8 Å². The van der Waals surface area contributed by atoms with E-state index in [4.69, 9.17) is 11.6 Å². The molecule has 2 N–H and O–H groups in total. The highest BCUT2D eigenvalue weighted by atomic mass is 35.5. The van der Waals surface area contributed by atoms with Gasteiger partial charge in [0.15, 0.2) is 0 Å². The average Bonchev–Trinajstić information content (AvgIpc) is 2.38. The molecule has 2 rings (SSSR count). The fourth-order valence-electron chi connectivity index (χ4n) is 1.20. The second-order valence-corrected chi connectivity index (χ2v) is 3.01. The number of benzene rings is 1. The quantitative estimate of drug-likeness (QED) is 0.485. The number of fused-ring (bicyclic) bond motifs is 1. The maximum atomic E-state index is 11.2. The van der Waals surface area contributed by atoms with Gasteiger partial charge in [-0.25, -0.2) is 0 Å². The molecule has 1 aliphatic heterocycles. The molecule has 4 nitrogen and oxygen atoms in total. The van der Waals surface area contributed by atoms with Crippen molar-refractivity contribution in [2.24, 2.45) is 0 Å². The van der Waals surface area contributed by atoms with E-state index in [1.807, 2.05) is 0 Å². The number of ketones is 1. The molecule has 13 heavy (non-hydrogen) atoms. The van der Waals surface area contributed by atoms with Crippen molar-refractivity contribution in [3.05, 3.63) is 22.7 Å². The van der Waals surface area contributed by atoms with Gasteiger partial charge >= 0.3 is 0 Å². The molecule has 1 aliphatic rings. The third-order valence-electron chi connectivity index (χ3n) is 1.80. The lowest BCUT2D eigenvalue weighted by Crippen LogP contribution is -2.12. The zero-order valence-corrected chi connectivity index (χ0v) is 7.05. The number of hydrogen-bond acceptors (Lipinski definition) is 3. The molecule has 0 bridgehead atoms. The van der Waals surface area contributed by atoms with Gasteiger partial charge in [-0.3, -0.25) is 9.59 Å². The lowest BCUT2D eigenvalue weighted by Gasteiger charge is -2.00. The SMILES string of the molecule is O=C1Nc2c(O)ccc(Cl)c2C1=O. The molecular weight excluding hydrogens is 194 g/mol. The van der Waals surface area contributed by atoms with Crippen LogP contribution in [0.4, 0.5) is 5.69 Å². The number of hydrogen-bond donors (Lipinski definition) is 2. The van der Waals surface area contributed by atoms with Crippen LogP contribution in [0, 0.1) is 0 Å². The number of anilines is 1. The summed E-state index contributed by atoms with van der Waals surface area (Å²) in [4.78, 5) is 22.1. The number of Topliss-reactive ketones (excluding diaryl/α,β-unsaturated/α-hetero) is 1. The van der Waals surface area contributed by atoms with Crippen molar-refractivity contribution in [2.75, 3.05) is 5.32 Å². The zero-order valence-electron chi connectivity index (χ0n) is 6.30. The summed E-state index contributed by atoms with van der Waals surface area (Å²) in [5, 5.41) is 11.7. The van der Waals surface area contributed by atoms with Crippen molar-refractivity contribution in [3.8, 4) is 5.75 Å². The van der Waals surface area contributed by atoms with Gasteiger partial charge in [0, 0.05) is 0 Å². The summed E-state index contributed by atoms with van der Waals surface area (Å²) in [7, 11) is 0. The Morgan fingerprint density at radius 2 is 2.00 bits per heavy atom. The van der Waals surface area contributed by atoms with E-state index in [0.29, 0.717) is 0 Å². The summed E-state index contributed by atoms with van der Waals surface area (Å²) >= 11 is 5.68. The molecule has 1 amide bonds. The Kier molecular flexibility index (Phi) is 1.53. The second kappa shape index (κ2) is 2.47. The average molecular weight is 198 g/mol. The molecule has 0 saturated carbocycles. The smallest absolute Gasteiger partial charge is 0.297 e. The number of rotatable bonds is 0. The summed E-state index contributed by atoms with van der Waals surface area (Å²) in [5.41, 5.74) is 0.147. The fraction of sp³-hybridized carbons (Fsp3) is 0. The Labute approximate surface area is 78.1 Å². The number of aromatic hydroxyl groups is 1. The first-order valence-electron chi connectivity index (χ1n) is 3.48. The molecule has 0 unspecified atom stereocenters. The Morgan fingerprint density at radius 1 is 1.31 bits per heavy atom. The van der Waals surface area contributed by atoms with Crippen LogP contribution in [0.25, 0.3) is 0 Å². The molecule has 5 heteroatoms. The Balaban J connectivity index is 2.75. The molecule has 0 radical (unpaired) electrons. The Morgan fingerprint density at radius 3 is 2.62 bits per heavy atom. The normalized spacial score (nSPS) is 14.2. The van der Waals surface area contributed by atoms with E-state index in [9.17, 15) is 14.7 Å². The van der Waals surface area contributed by atoms with Crippen molar-refractivity contribution in [2.45, 2.75) is 0 Å². The molecule has 1 aromatic carbocycles. The third-order valence-corrected chi connectivity index (χ3v) is 2.12. The number of halogens is 1. The van der Waals surface area contributed by atoms with E-state index in [-0.39, 0.29) is 22.0 Å². The highest BCUT2D eigenvalue weighted by Gasteiger charge is 2.32. The maximum Gasteiger partial charge on any atom is 0.297 e. The topological polar surface area (TPSA) is 66.4 Å². The van der Waals surface area contributed by atoms with Crippen molar-refractivity contribution in [3.63, 3.8) is 0 Å². The number of nitrogens with one attached hydrogen (secondary N) is 1. The first-order valence-corrected chi connectivity index (χ1v) is 3.86. The van der Waals surface area contributed by atoms with Gasteiger partial charge in [0.1, 0.15) is 5.75 Å². The van der Waals surface area contributed by atoms with Crippen LogP contribution in [0.2, 0.25) is 5.02 Å². The Bertz CT molecular complexity index is 428. The minimum Gasteiger partial charge on any atom is -0.506 e. The van der Waals surface area contributed by atoms with Crippen LogP contribution in [0.5, 0.6) is 5.75 Å². The van der Waals surface area contributed by atoms with Crippen molar-refractivity contribution in [1.82, 2.24) is 0 Å². The van der Waals surface area contributed by atoms with Crippen LogP contribution in [0.1, 0.15) is 10.4 Å². The van der Waals surface area contributed by atoms with Gasteiger partial charge in [-0.15, -0.1) is 0 Å². The highest BCUT2D eigenvalue weighted by molar-refractivity contribution is 6.55. The lowest BCUT2D eigenvalue weighted by molar-refractivity contribution is -0.112. The molecule has 0 saturated heterocycles. The van der Waals surface area contributed by atoms with Gasteiger partial charge in [0.05, 0.1) is 16.3 Å². The van der Waals surface area contributed by atoms with Gasteiger partial charge in [0.25, 0.3) is 11.7 Å². The molecular formula is C8H4ClNO3. The summed E-state index contributed by atoms with van der Waals surface area (Å²) in [5.74, 6) is -1.63. The van der Waals surface area contributed by atoms with Crippen LogP contribution in [0.15, 0.2) is 12.1 Å². The maximum absolute atomic E-state index is 11.2. The number of carbonyl (C=O) groups is 2. The minimum absolute atomic E-state index is 0.0478. The van der Waals surface area contributed by atoms with Crippen molar-refractivity contribution < 1.29 is 14.7 Å². The molecule has 0 fully saturated rings. The zero-order chi connectivity index (χ0) is 9.59. The Hall–Kier alpha value is -1.55. The first-order chi connectivity index (χ1) is 6.11. The van der Waals surface area contributed by atoms with E-state index in [0.717, 1.165) is 0 Å². The van der Waals surface area contributed by atoms with Gasteiger partial charge in [-0.2, -0.15) is 0 Å². The van der Waals surface area contributed by atoms with E-state index in [1.54, 1.807) is 0 Å². The monoisotopic (exact) mass is 197 g/mol. The second-order valence-electron chi connectivity index (χ2n) is 2.60. The van der Waals surface area contributed by atoms with Gasteiger partial charge < -0.3 is 10.4 Å². The van der Waals surface area contributed by atoms with Crippen LogP contribution >= 0.6 is 11.6 Å². The van der Waals surface area contributed by atoms with Gasteiger partial charge in [0.2, 0.25) is 0 Å². The minimum atomic E-state index is -0.765. The van der Waals surface area contributed by atoms with Gasteiger partial charge in [-0.1, -0.05) is 11.6 Å². The van der Waals surface area contributed by atoms with Crippen molar-refractivity contribution in [1.29, 1.82) is 0 Å². The highest BCUT2D eigenvalue weighted by Crippen LogP contribution is 2.36. The summed E-state index contributed by atoms with van der Waals surface area (Å²) in [6.07, 6.45) is 0. The van der Waals surface area contributed by atoms with E-state index in [2.05, 4.69) is 5.32 Å². The number of phenols is 1. The van der Waals surface area contributed by atoms with E-state index >= 15 is 0 Å². The lowest BCUT2D eigenvalue weighted by atomic mass is 10.1. The van der Waals surface area contributed by atoms with Crippen LogP contribution < -0.4 is 5.32 Å². The fourth-order valence-corrected chi connectivity index (χ4v) is 1.44. The molecule has 1 heterocycles. The van der Waals surface area contributed by atoms with Gasteiger partial charge in [-0.05, 0) is 12.1 Å². The van der Waals surface area contributed by atoms with Crippen LogP contribution in [-0.2, 0) is 4.79 Å². The molecule has 0 atom stereocenters. The molecule has 66 valence electrons. The number of carbonyl (C=O) groups excluding carboxylic acids is 2. The predicted octanol–water partition coefficient (Wildman–Crippen LogP) is 1.18. The van der Waals surface area contributed by atoms with E-state index in [1.165, 1.54) is 12.1 Å². The summed E-state index contributed by atoms with van der Waals surface area (Å²) in [6.45, 7) is 0. The predicted molar refractivity (Wildman–Crippen MR) is 46.1 cm³/mol. The number of amides is 1. The molecule has 1 aromatic rings. The third kappa shape index (κ3) is 0.990. The van der Waals surface area contributed by atoms with E-state index < -0.39 is 11.7 Å². The summed E-state index contributed by atoms with van der Waals surface area (Å²) in [6, 6.07) is 2.69. The standard InChI is InChI=1S/C8H4ClNO3/c9-3-1-2-4(11)6-5(3)7(12)8(13)10-6/h1-2,11H,(H,10,12,13). The molecule has 0 spiro atoms. The largest absolute Gasteiger partial charge is 0.506 e. The molecule has 0 aromatic heterocycles. The molecule has 0 aliphatic carbocycles. The van der Waals surface area contributed by atoms with Crippen LogP contribution in [0.3, 0.4) is 0 Å². The summed E-state index contributed by atoms with van der Waals surface area (Å²) < 4.78 is 0.